The molecule has 1 N–H and O–H groups in total. The number of aromatic amines is 1. The molecule has 9 heteroatoms. The van der Waals surface area contributed by atoms with Crippen molar-refractivity contribution in [1.82, 2.24) is 30.0 Å². The predicted octanol–water partition coefficient (Wildman–Crippen LogP) is 0.679. The number of imide groups is 1. The fourth-order valence-corrected chi connectivity index (χ4v) is 3.42. The third-order valence-corrected chi connectivity index (χ3v) is 4.76. The maximum atomic E-state index is 12.7. The summed E-state index contributed by atoms with van der Waals surface area (Å²) in [6.07, 6.45) is 5.32. The van der Waals surface area contributed by atoms with Crippen LogP contribution in [0.3, 0.4) is 0 Å². The molecule has 1 unspecified atom stereocenters. The smallest absolute Gasteiger partial charge is 0.243 e. The zero-order valence-electron chi connectivity index (χ0n) is 14.1. The number of pyridine rings is 1. The van der Waals surface area contributed by atoms with E-state index >= 15 is 0 Å². The molecule has 2 aliphatic heterocycles. The van der Waals surface area contributed by atoms with E-state index in [-0.39, 0.29) is 43.1 Å². The van der Waals surface area contributed by atoms with Crippen molar-refractivity contribution in [1.29, 1.82) is 0 Å². The first kappa shape index (κ1) is 16.4. The van der Waals surface area contributed by atoms with Crippen LogP contribution in [0.1, 0.15) is 37.5 Å². The van der Waals surface area contributed by atoms with E-state index < -0.39 is 0 Å². The number of rotatable bonds is 4. The average molecular weight is 354 g/mol. The van der Waals surface area contributed by atoms with Crippen molar-refractivity contribution in [2.24, 2.45) is 0 Å². The Hall–Kier alpha value is -3.10. The first-order valence-electron chi connectivity index (χ1n) is 8.59. The lowest BCUT2D eigenvalue weighted by Gasteiger charge is -2.25. The van der Waals surface area contributed by atoms with E-state index in [2.05, 4.69) is 20.2 Å². The summed E-state index contributed by atoms with van der Waals surface area (Å²) in [5.74, 6) is 0.330. The Morgan fingerprint density at radius 2 is 2.08 bits per heavy atom. The number of hydrogen-bond donors (Lipinski definition) is 1. The van der Waals surface area contributed by atoms with Gasteiger partial charge < -0.3 is 4.90 Å². The topological polar surface area (TPSA) is 112 Å². The molecule has 0 radical (unpaired) electrons. The zero-order chi connectivity index (χ0) is 18.1. The third-order valence-electron chi connectivity index (χ3n) is 4.76. The lowest BCUT2D eigenvalue weighted by molar-refractivity contribution is -0.146. The van der Waals surface area contributed by atoms with Crippen molar-refractivity contribution in [3.8, 4) is 11.4 Å². The van der Waals surface area contributed by atoms with Crippen LogP contribution in [-0.4, -0.2) is 60.8 Å². The Labute approximate surface area is 149 Å². The Morgan fingerprint density at radius 3 is 2.81 bits per heavy atom. The standard InChI is InChI=1S/C17H18N6O3/c24-13-5-6-14(25)23(13)10-15(26)22-8-2-4-12(22)17-19-16(20-21-17)11-3-1-7-18-9-11/h1,3,7,9,12H,2,4-6,8,10H2,(H,19,20,21). The Bertz CT molecular complexity index is 833. The second-order valence-electron chi connectivity index (χ2n) is 6.40. The van der Waals surface area contributed by atoms with Crippen molar-refractivity contribution in [3.63, 3.8) is 0 Å². The number of nitrogens with zero attached hydrogens (tertiary/aromatic N) is 5. The number of hydrogen-bond acceptors (Lipinski definition) is 6. The van der Waals surface area contributed by atoms with Gasteiger partial charge >= 0.3 is 0 Å². The van der Waals surface area contributed by atoms with Gasteiger partial charge in [0.25, 0.3) is 0 Å². The average Bonchev–Trinajstić information content (AvgIpc) is 3.38. The van der Waals surface area contributed by atoms with E-state index in [4.69, 9.17) is 0 Å². The van der Waals surface area contributed by atoms with E-state index in [1.54, 1.807) is 23.4 Å². The second-order valence-corrected chi connectivity index (χ2v) is 6.40. The quantitative estimate of drug-likeness (QED) is 0.808. The molecule has 0 aromatic carbocycles. The number of amides is 3. The summed E-state index contributed by atoms with van der Waals surface area (Å²) in [6, 6.07) is 3.44. The lowest BCUT2D eigenvalue weighted by Crippen LogP contribution is -2.42. The fourth-order valence-electron chi connectivity index (χ4n) is 3.42. The van der Waals surface area contributed by atoms with Gasteiger partial charge in [-0.25, -0.2) is 4.98 Å². The predicted molar refractivity (Wildman–Crippen MR) is 89.3 cm³/mol. The van der Waals surface area contributed by atoms with Gasteiger partial charge in [-0.1, -0.05) is 0 Å². The Kier molecular flexibility index (Phi) is 4.19. The van der Waals surface area contributed by atoms with Gasteiger partial charge in [0, 0.05) is 37.3 Å². The number of aromatic nitrogens is 4. The molecule has 3 amide bonds. The second kappa shape index (κ2) is 6.66. The summed E-state index contributed by atoms with van der Waals surface area (Å²) in [6.45, 7) is 0.375. The molecule has 9 nitrogen and oxygen atoms in total. The minimum absolute atomic E-state index is 0.187. The molecule has 134 valence electrons. The molecule has 0 aliphatic carbocycles. The minimum Gasteiger partial charge on any atom is -0.331 e. The molecule has 26 heavy (non-hydrogen) atoms. The van der Waals surface area contributed by atoms with Crippen molar-refractivity contribution >= 4 is 17.7 Å². The zero-order valence-corrected chi connectivity index (χ0v) is 14.1. The highest BCUT2D eigenvalue weighted by Gasteiger charge is 2.36. The molecule has 4 rings (SSSR count). The summed E-state index contributed by atoms with van der Waals surface area (Å²) in [7, 11) is 0. The first-order chi connectivity index (χ1) is 12.6. The van der Waals surface area contributed by atoms with Crippen molar-refractivity contribution in [2.45, 2.75) is 31.7 Å². The van der Waals surface area contributed by atoms with E-state index in [1.807, 2.05) is 6.07 Å². The van der Waals surface area contributed by atoms with Gasteiger partial charge in [0.1, 0.15) is 12.4 Å². The fraction of sp³-hybridized carbons (Fsp3) is 0.412. The van der Waals surface area contributed by atoms with E-state index in [9.17, 15) is 14.4 Å². The van der Waals surface area contributed by atoms with Crippen LogP contribution in [0.25, 0.3) is 11.4 Å². The largest absolute Gasteiger partial charge is 0.331 e. The van der Waals surface area contributed by atoms with E-state index in [1.165, 1.54) is 0 Å². The highest BCUT2D eigenvalue weighted by Crippen LogP contribution is 2.31. The van der Waals surface area contributed by atoms with Gasteiger partial charge in [-0.2, -0.15) is 5.10 Å². The van der Waals surface area contributed by atoms with Gasteiger partial charge in [0.15, 0.2) is 5.82 Å². The summed E-state index contributed by atoms with van der Waals surface area (Å²) < 4.78 is 0. The number of nitrogens with one attached hydrogen (secondary N) is 1. The molecular weight excluding hydrogens is 336 g/mol. The molecule has 2 fully saturated rings. The molecule has 1 atom stereocenters. The molecule has 0 bridgehead atoms. The molecule has 0 saturated carbocycles. The van der Waals surface area contributed by atoms with Crippen molar-refractivity contribution in [2.75, 3.05) is 13.1 Å². The highest BCUT2D eigenvalue weighted by atomic mass is 16.2. The van der Waals surface area contributed by atoms with Crippen LogP contribution in [0.2, 0.25) is 0 Å². The van der Waals surface area contributed by atoms with Gasteiger partial charge in [0.05, 0.1) is 6.04 Å². The van der Waals surface area contributed by atoms with Gasteiger partial charge in [-0.15, -0.1) is 0 Å². The number of carbonyl (C=O) groups excluding carboxylic acids is 3. The van der Waals surface area contributed by atoms with Gasteiger partial charge in [-0.3, -0.25) is 29.4 Å². The Morgan fingerprint density at radius 1 is 1.27 bits per heavy atom. The Balaban J connectivity index is 1.50. The SMILES string of the molecule is O=C1CCC(=O)N1CC(=O)N1CCCC1c1nc(-c2cccnc2)n[nH]1. The summed E-state index contributed by atoms with van der Waals surface area (Å²) >= 11 is 0. The lowest BCUT2D eigenvalue weighted by atomic mass is 10.2. The summed E-state index contributed by atoms with van der Waals surface area (Å²) in [5.41, 5.74) is 0.791. The van der Waals surface area contributed by atoms with Gasteiger partial charge in [0.2, 0.25) is 17.7 Å². The maximum absolute atomic E-state index is 12.7. The molecule has 0 spiro atoms. The van der Waals surface area contributed by atoms with Gasteiger partial charge in [-0.05, 0) is 25.0 Å². The minimum atomic E-state index is -0.280. The first-order valence-corrected chi connectivity index (χ1v) is 8.59. The highest BCUT2D eigenvalue weighted by molar-refractivity contribution is 6.04. The molecule has 2 aromatic heterocycles. The summed E-state index contributed by atoms with van der Waals surface area (Å²) in [4.78, 5) is 47.4. The number of H-pyrrole nitrogens is 1. The monoisotopic (exact) mass is 354 g/mol. The third kappa shape index (κ3) is 2.96. The van der Waals surface area contributed by atoms with Crippen LogP contribution in [0.4, 0.5) is 0 Å². The maximum Gasteiger partial charge on any atom is 0.243 e. The van der Waals surface area contributed by atoms with Crippen LogP contribution < -0.4 is 0 Å². The van der Waals surface area contributed by atoms with Crippen LogP contribution in [0, 0.1) is 0 Å². The molecule has 2 aromatic rings. The number of likely N-dealkylation sites (tertiary alicyclic amines) is 2. The van der Waals surface area contributed by atoms with Crippen LogP contribution >= 0.6 is 0 Å². The van der Waals surface area contributed by atoms with Crippen molar-refractivity contribution < 1.29 is 14.4 Å². The van der Waals surface area contributed by atoms with E-state index in [0.717, 1.165) is 23.3 Å². The van der Waals surface area contributed by atoms with Crippen LogP contribution in [0.15, 0.2) is 24.5 Å². The molecule has 2 saturated heterocycles. The van der Waals surface area contributed by atoms with Crippen molar-refractivity contribution in [3.05, 3.63) is 30.4 Å². The molecular formula is C17H18N6O3. The molecule has 2 aliphatic rings. The molecule has 4 heterocycles. The van der Waals surface area contributed by atoms with E-state index in [0.29, 0.717) is 18.2 Å². The van der Waals surface area contributed by atoms with Crippen LogP contribution in [0.5, 0.6) is 0 Å². The number of carbonyl (C=O) groups is 3. The van der Waals surface area contributed by atoms with Crippen LogP contribution in [-0.2, 0) is 14.4 Å². The normalized spacial score (nSPS) is 20.2. The summed E-state index contributed by atoms with van der Waals surface area (Å²) in [5, 5.41) is 7.13.